The van der Waals surface area contributed by atoms with Crippen LogP contribution in [0.4, 0.5) is 0 Å². The van der Waals surface area contributed by atoms with E-state index in [-0.39, 0.29) is 18.1 Å². The van der Waals surface area contributed by atoms with E-state index >= 15 is 0 Å². The lowest BCUT2D eigenvalue weighted by molar-refractivity contribution is 0.111. The van der Waals surface area contributed by atoms with Gasteiger partial charge in [0.15, 0.2) is 11.5 Å². The number of aliphatic hydroxyl groups is 1. The Morgan fingerprint density at radius 2 is 1.94 bits per heavy atom. The first kappa shape index (κ1) is 21.6. The molecule has 33 heavy (non-hydrogen) atoms. The first-order valence-electron chi connectivity index (χ1n) is 11.6. The van der Waals surface area contributed by atoms with E-state index in [0.717, 1.165) is 46.6 Å². The summed E-state index contributed by atoms with van der Waals surface area (Å²) in [5, 5.41) is 23.1. The van der Waals surface area contributed by atoms with E-state index in [1.54, 1.807) is 11.9 Å². The van der Waals surface area contributed by atoms with E-state index in [1.165, 1.54) is 0 Å². The second-order valence-electron chi connectivity index (χ2n) is 8.52. The molecular formula is C25H29N5O3. The van der Waals surface area contributed by atoms with Crippen LogP contribution >= 0.6 is 0 Å². The molecule has 1 aliphatic heterocycles. The topological polar surface area (TPSA) is 94.7 Å². The van der Waals surface area contributed by atoms with Gasteiger partial charge < -0.3 is 14.6 Å². The maximum absolute atomic E-state index is 10.4. The van der Waals surface area contributed by atoms with Gasteiger partial charge in [-0.05, 0) is 62.1 Å². The molecule has 3 unspecified atom stereocenters. The summed E-state index contributed by atoms with van der Waals surface area (Å²) in [4.78, 5) is 6.78. The molecular weight excluding hydrogens is 418 g/mol. The highest BCUT2D eigenvalue weighted by molar-refractivity contribution is 6.15. The Balaban J connectivity index is 1.63. The molecule has 172 valence electrons. The Kier molecular flexibility index (Phi) is 5.85. The molecule has 0 saturated heterocycles. The third kappa shape index (κ3) is 3.99. The van der Waals surface area contributed by atoms with Crippen molar-refractivity contribution in [3.8, 4) is 22.9 Å². The first-order valence-corrected chi connectivity index (χ1v) is 11.6. The van der Waals surface area contributed by atoms with E-state index < -0.39 is 0 Å². The molecule has 3 atom stereocenters. The minimum absolute atomic E-state index is 0.126. The number of ether oxygens (including phenoxy) is 2. The highest BCUT2D eigenvalue weighted by Gasteiger charge is 2.37. The smallest absolute Gasteiger partial charge is 0.204 e. The molecule has 1 saturated carbocycles. The van der Waals surface area contributed by atoms with Gasteiger partial charge in [-0.25, -0.2) is 0 Å². The summed E-state index contributed by atoms with van der Waals surface area (Å²) in [5.74, 6) is 2.17. The lowest BCUT2D eigenvalue weighted by Gasteiger charge is -2.37. The van der Waals surface area contributed by atoms with Crippen molar-refractivity contribution in [1.82, 2.24) is 20.2 Å². The highest BCUT2D eigenvalue weighted by Crippen LogP contribution is 2.45. The van der Waals surface area contributed by atoms with Crippen LogP contribution < -0.4 is 9.47 Å². The fourth-order valence-corrected chi connectivity index (χ4v) is 4.90. The highest BCUT2D eigenvalue weighted by atomic mass is 16.5. The number of nitrogens with zero attached hydrogens (tertiary/aromatic N) is 5. The Hall–Kier alpha value is -3.26. The van der Waals surface area contributed by atoms with Crippen molar-refractivity contribution in [3.63, 3.8) is 0 Å². The van der Waals surface area contributed by atoms with Gasteiger partial charge in [-0.1, -0.05) is 18.2 Å². The predicted octanol–water partition coefficient (Wildman–Crippen LogP) is 3.62. The third-order valence-corrected chi connectivity index (χ3v) is 6.50. The Morgan fingerprint density at radius 3 is 2.70 bits per heavy atom. The number of aromatic nitrogens is 4. The van der Waals surface area contributed by atoms with Crippen LogP contribution in [-0.4, -0.2) is 56.9 Å². The molecule has 8 nitrogen and oxygen atoms in total. The summed E-state index contributed by atoms with van der Waals surface area (Å²) in [5.41, 5.74) is 5.00. The van der Waals surface area contributed by atoms with Crippen molar-refractivity contribution in [2.75, 3.05) is 13.7 Å². The molecule has 2 heterocycles. The van der Waals surface area contributed by atoms with Crippen LogP contribution in [0.2, 0.25) is 0 Å². The van der Waals surface area contributed by atoms with Crippen molar-refractivity contribution < 1.29 is 14.6 Å². The second kappa shape index (κ2) is 8.94. The van der Waals surface area contributed by atoms with Crippen molar-refractivity contribution >= 4 is 5.71 Å². The zero-order valence-electron chi connectivity index (χ0n) is 19.2. The summed E-state index contributed by atoms with van der Waals surface area (Å²) >= 11 is 0. The molecule has 1 N–H and O–H groups in total. The van der Waals surface area contributed by atoms with Gasteiger partial charge in [-0.15, -0.1) is 10.2 Å². The SMILES string of the molecule is CCOc1cc2c(cc1OC)C(c1cccc(-c3nnn(CC)n3)c1)=NC1CCC(O)CC21. The largest absolute Gasteiger partial charge is 0.493 e. The predicted molar refractivity (Wildman–Crippen MR) is 125 cm³/mol. The van der Waals surface area contributed by atoms with E-state index in [2.05, 4.69) is 33.6 Å². The summed E-state index contributed by atoms with van der Waals surface area (Å²) < 4.78 is 11.5. The zero-order valence-corrected chi connectivity index (χ0v) is 19.2. The number of aliphatic hydroxyl groups excluding tert-OH is 1. The minimum atomic E-state index is -0.302. The maximum atomic E-state index is 10.4. The fourth-order valence-electron chi connectivity index (χ4n) is 4.90. The van der Waals surface area contributed by atoms with Gasteiger partial charge in [0, 0.05) is 22.6 Å². The van der Waals surface area contributed by atoms with Crippen LogP contribution in [-0.2, 0) is 6.54 Å². The summed E-state index contributed by atoms with van der Waals surface area (Å²) in [6, 6.07) is 12.4. The maximum Gasteiger partial charge on any atom is 0.204 e. The molecule has 2 aromatic carbocycles. The quantitative estimate of drug-likeness (QED) is 0.620. The molecule has 1 aromatic heterocycles. The van der Waals surface area contributed by atoms with Gasteiger partial charge >= 0.3 is 0 Å². The van der Waals surface area contributed by atoms with Gasteiger partial charge in [0.2, 0.25) is 5.82 Å². The first-order chi connectivity index (χ1) is 16.1. The zero-order chi connectivity index (χ0) is 22.9. The molecule has 8 heteroatoms. The molecule has 1 fully saturated rings. The van der Waals surface area contributed by atoms with Crippen molar-refractivity contribution in [1.29, 1.82) is 0 Å². The fraction of sp³-hybridized carbons (Fsp3) is 0.440. The molecule has 0 amide bonds. The second-order valence-corrected chi connectivity index (χ2v) is 8.52. The van der Waals surface area contributed by atoms with Crippen LogP contribution in [0.1, 0.15) is 55.7 Å². The molecule has 5 rings (SSSR count). The van der Waals surface area contributed by atoms with Gasteiger partial charge in [-0.2, -0.15) is 4.80 Å². The van der Waals surface area contributed by atoms with E-state index in [4.69, 9.17) is 14.5 Å². The number of methoxy groups -OCH3 is 1. The third-order valence-electron chi connectivity index (χ3n) is 6.50. The monoisotopic (exact) mass is 447 g/mol. The van der Waals surface area contributed by atoms with E-state index in [0.29, 0.717) is 31.1 Å². The molecule has 1 aliphatic carbocycles. The Morgan fingerprint density at radius 1 is 1.09 bits per heavy atom. The van der Waals surface area contributed by atoms with Gasteiger partial charge in [0.05, 0.1) is 38.1 Å². The average molecular weight is 448 g/mol. The Bertz CT molecular complexity index is 1190. The number of rotatable bonds is 6. The van der Waals surface area contributed by atoms with Crippen molar-refractivity contribution in [2.24, 2.45) is 4.99 Å². The number of hydrogen-bond acceptors (Lipinski definition) is 7. The van der Waals surface area contributed by atoms with Gasteiger partial charge in [-0.3, -0.25) is 4.99 Å². The van der Waals surface area contributed by atoms with E-state index in [9.17, 15) is 5.11 Å². The summed E-state index contributed by atoms with van der Waals surface area (Å²) in [6.45, 7) is 5.17. The van der Waals surface area contributed by atoms with Gasteiger partial charge in [0.25, 0.3) is 0 Å². The number of aryl methyl sites for hydroxylation is 1. The van der Waals surface area contributed by atoms with Crippen LogP contribution in [0.5, 0.6) is 11.5 Å². The van der Waals surface area contributed by atoms with Crippen LogP contribution in [0.15, 0.2) is 41.4 Å². The molecule has 0 radical (unpaired) electrons. The van der Waals surface area contributed by atoms with Crippen molar-refractivity contribution in [2.45, 2.75) is 57.7 Å². The normalized spacial score (nSPS) is 21.7. The summed E-state index contributed by atoms with van der Waals surface area (Å²) in [7, 11) is 1.65. The molecule has 0 spiro atoms. The van der Waals surface area contributed by atoms with Crippen LogP contribution in [0.3, 0.4) is 0 Å². The minimum Gasteiger partial charge on any atom is -0.493 e. The number of benzene rings is 2. The lowest BCUT2D eigenvalue weighted by Crippen LogP contribution is -2.34. The van der Waals surface area contributed by atoms with Crippen LogP contribution in [0, 0.1) is 0 Å². The van der Waals surface area contributed by atoms with E-state index in [1.807, 2.05) is 32.0 Å². The van der Waals surface area contributed by atoms with Crippen LogP contribution in [0.25, 0.3) is 11.4 Å². The average Bonchev–Trinajstić information content (AvgIpc) is 3.33. The van der Waals surface area contributed by atoms with Crippen molar-refractivity contribution in [3.05, 3.63) is 53.1 Å². The Labute approximate surface area is 193 Å². The standard InChI is InChI=1S/C25H29N5O3/c1-4-30-28-25(27-29-30)16-8-6-7-15(11-16)24-20-14-22(32-3)23(33-5-2)13-18(20)19-12-17(31)9-10-21(19)26-24/h6-8,11,13-14,17,19,21,31H,4-5,9-10,12H2,1-3H3. The summed E-state index contributed by atoms with van der Waals surface area (Å²) in [6.07, 6.45) is 2.03. The molecule has 0 bridgehead atoms. The molecule has 3 aromatic rings. The number of fused-ring (bicyclic) bond motifs is 3. The molecule has 2 aliphatic rings. The number of hydrogen-bond donors (Lipinski definition) is 1. The lowest BCUT2D eigenvalue weighted by atomic mass is 9.74. The number of tetrazole rings is 1. The number of aliphatic imine (C=N–C) groups is 1. The van der Waals surface area contributed by atoms with Gasteiger partial charge in [0.1, 0.15) is 0 Å².